The van der Waals surface area contributed by atoms with E-state index in [2.05, 4.69) is 9.97 Å². The summed E-state index contributed by atoms with van der Waals surface area (Å²) in [6.45, 7) is 7.37. The number of aryl methyl sites for hydroxylation is 1. The van der Waals surface area contributed by atoms with Crippen molar-refractivity contribution in [1.29, 1.82) is 0 Å². The van der Waals surface area contributed by atoms with Gasteiger partial charge in [0.1, 0.15) is 5.01 Å². The van der Waals surface area contributed by atoms with Crippen molar-refractivity contribution >= 4 is 45.0 Å². The van der Waals surface area contributed by atoms with Crippen molar-refractivity contribution in [3.63, 3.8) is 0 Å². The molecule has 0 aliphatic rings. The van der Waals surface area contributed by atoms with Gasteiger partial charge >= 0.3 is 5.97 Å². The number of thiazole rings is 1. The molecule has 0 bridgehead atoms. The van der Waals surface area contributed by atoms with Gasteiger partial charge in [0.15, 0.2) is 6.10 Å². The maximum Gasteiger partial charge on any atom is 0.337 e. The molecule has 1 atom stereocenters. The second-order valence-electron chi connectivity index (χ2n) is 10.6. The first-order valence-corrected chi connectivity index (χ1v) is 13.9. The van der Waals surface area contributed by atoms with Crippen molar-refractivity contribution in [3.05, 3.63) is 88.8 Å². The second-order valence-corrected chi connectivity index (χ2v) is 12.0. The Morgan fingerprint density at radius 1 is 1.02 bits per heavy atom. The summed E-state index contributed by atoms with van der Waals surface area (Å²) in [5.41, 5.74) is 10.7. The van der Waals surface area contributed by atoms with E-state index in [1.807, 2.05) is 58.0 Å². The van der Waals surface area contributed by atoms with E-state index in [1.165, 1.54) is 17.5 Å². The Balaban J connectivity index is 1.71. The summed E-state index contributed by atoms with van der Waals surface area (Å²) in [7, 11) is 0. The van der Waals surface area contributed by atoms with E-state index in [0.29, 0.717) is 21.8 Å². The summed E-state index contributed by atoms with van der Waals surface area (Å²) >= 11 is 7.65. The molecule has 10 heteroatoms. The lowest BCUT2D eigenvalue weighted by molar-refractivity contribution is -0.160. The molecule has 0 saturated heterocycles. The number of carbonyl (C=O) groups is 2. The third-order valence-corrected chi connectivity index (χ3v) is 7.73. The first-order chi connectivity index (χ1) is 19.4. The van der Waals surface area contributed by atoms with Crippen molar-refractivity contribution < 1.29 is 19.4 Å². The number of pyridine rings is 2. The number of hydrogen-bond donors (Lipinski definition) is 2. The molecule has 2 aromatic carbocycles. The minimum atomic E-state index is -1.20. The van der Waals surface area contributed by atoms with Gasteiger partial charge in [-0.25, -0.2) is 9.78 Å². The van der Waals surface area contributed by atoms with Crippen LogP contribution in [-0.2, 0) is 9.53 Å². The van der Waals surface area contributed by atoms with Crippen molar-refractivity contribution in [2.24, 2.45) is 5.73 Å². The fourth-order valence-corrected chi connectivity index (χ4v) is 5.85. The number of benzene rings is 2. The molecule has 41 heavy (non-hydrogen) atoms. The average Bonchev–Trinajstić information content (AvgIpc) is 3.35. The van der Waals surface area contributed by atoms with Gasteiger partial charge < -0.3 is 15.6 Å². The van der Waals surface area contributed by atoms with Gasteiger partial charge in [0.05, 0.1) is 27.1 Å². The Bertz CT molecular complexity index is 1790. The van der Waals surface area contributed by atoms with Crippen molar-refractivity contribution in [2.75, 3.05) is 0 Å². The van der Waals surface area contributed by atoms with Crippen LogP contribution < -0.4 is 5.73 Å². The zero-order valence-corrected chi connectivity index (χ0v) is 24.4. The molecule has 5 aromatic rings. The number of ether oxygens (including phenoxy) is 1. The van der Waals surface area contributed by atoms with Crippen LogP contribution in [0.3, 0.4) is 0 Å². The number of carboxylic acid groups (broad SMARTS) is 1. The number of carboxylic acids is 1. The van der Waals surface area contributed by atoms with Crippen LogP contribution in [0.5, 0.6) is 0 Å². The van der Waals surface area contributed by atoms with Gasteiger partial charge in [0, 0.05) is 45.9 Å². The molecule has 0 spiro atoms. The maximum absolute atomic E-state index is 12.6. The third kappa shape index (κ3) is 5.97. The predicted octanol–water partition coefficient (Wildman–Crippen LogP) is 7.09. The lowest BCUT2D eigenvalue weighted by Gasteiger charge is -2.28. The smallest absolute Gasteiger partial charge is 0.337 e. The van der Waals surface area contributed by atoms with Gasteiger partial charge in [0.25, 0.3) is 0 Å². The average molecular weight is 587 g/mol. The molecule has 5 rings (SSSR count). The number of carbonyl (C=O) groups excluding carboxylic acids is 1. The number of fused-ring (bicyclic) bond motifs is 1. The summed E-state index contributed by atoms with van der Waals surface area (Å²) in [4.78, 5) is 37.7. The maximum atomic E-state index is 12.6. The molecule has 8 nitrogen and oxygen atoms in total. The highest BCUT2D eigenvalue weighted by Gasteiger charge is 2.32. The normalized spacial score (nSPS) is 12.4. The van der Waals surface area contributed by atoms with Gasteiger partial charge in [-0.15, -0.1) is 11.3 Å². The van der Waals surface area contributed by atoms with Crippen LogP contribution in [0, 0.1) is 6.92 Å². The van der Waals surface area contributed by atoms with E-state index >= 15 is 0 Å². The number of nitrogens with zero attached hydrogens (tertiary/aromatic N) is 3. The zero-order chi connectivity index (χ0) is 29.5. The Morgan fingerprint density at radius 3 is 2.41 bits per heavy atom. The Hall–Kier alpha value is -4.18. The summed E-state index contributed by atoms with van der Waals surface area (Å²) in [5.74, 6) is -1.65. The van der Waals surface area contributed by atoms with E-state index in [-0.39, 0.29) is 5.56 Å². The Morgan fingerprint density at radius 2 is 1.76 bits per heavy atom. The van der Waals surface area contributed by atoms with Crippen LogP contribution >= 0.6 is 22.9 Å². The SMILES string of the molecule is Cc1cc2nc(-c3ccnc(-c4cncc(C(N)=O)c4)c3)sc2c(-c2ccc(Cl)cc2)c1[C@H](OC(C)(C)C)C(=O)O. The Labute approximate surface area is 245 Å². The molecule has 0 fully saturated rings. The molecule has 0 aliphatic carbocycles. The fourth-order valence-electron chi connectivity index (χ4n) is 4.60. The van der Waals surface area contributed by atoms with Crippen molar-refractivity contribution in [3.8, 4) is 33.0 Å². The second kappa shape index (κ2) is 11.0. The van der Waals surface area contributed by atoms with Crippen molar-refractivity contribution in [2.45, 2.75) is 39.4 Å². The molecular weight excluding hydrogens is 560 g/mol. The number of rotatable bonds is 7. The van der Waals surface area contributed by atoms with Crippen LogP contribution in [-0.4, -0.2) is 37.5 Å². The van der Waals surface area contributed by atoms with Crippen LogP contribution in [0.4, 0.5) is 0 Å². The number of aromatic nitrogens is 3. The monoisotopic (exact) mass is 586 g/mol. The van der Waals surface area contributed by atoms with Gasteiger partial charge in [-0.05, 0) is 75.2 Å². The number of halogens is 1. The molecule has 208 valence electrons. The summed E-state index contributed by atoms with van der Waals surface area (Å²) in [6, 6.07) is 14.6. The molecule has 1 amide bonds. The lowest BCUT2D eigenvalue weighted by Crippen LogP contribution is -2.28. The van der Waals surface area contributed by atoms with Gasteiger partial charge in [-0.3, -0.25) is 14.8 Å². The highest BCUT2D eigenvalue weighted by Crippen LogP contribution is 2.44. The summed E-state index contributed by atoms with van der Waals surface area (Å²) < 4.78 is 6.92. The topological polar surface area (TPSA) is 128 Å². The fraction of sp³-hybridized carbons (Fsp3) is 0.194. The number of amides is 1. The predicted molar refractivity (Wildman–Crippen MR) is 161 cm³/mol. The molecule has 0 radical (unpaired) electrons. The van der Waals surface area contributed by atoms with E-state index in [4.69, 9.17) is 27.1 Å². The standard InChI is InChI=1S/C31H27ClN4O4S/c1-16-11-23-27(25(17-5-7-21(32)8-6-17)24(16)26(30(38)39)40-31(2,3)4)41-29(36-23)18-9-10-35-22(13-18)19-12-20(28(33)37)15-34-14-19/h5-15,26H,1-4H3,(H2,33,37)(H,38,39)/t26-/m0/s1. The minimum Gasteiger partial charge on any atom is -0.479 e. The zero-order valence-electron chi connectivity index (χ0n) is 22.8. The van der Waals surface area contributed by atoms with Crippen LogP contribution in [0.25, 0.3) is 43.2 Å². The van der Waals surface area contributed by atoms with E-state index in [9.17, 15) is 14.7 Å². The quantitative estimate of drug-likeness (QED) is 0.208. The minimum absolute atomic E-state index is 0.288. The first-order valence-electron chi connectivity index (χ1n) is 12.7. The third-order valence-electron chi connectivity index (χ3n) is 6.34. The number of aliphatic carboxylic acids is 1. The van der Waals surface area contributed by atoms with Gasteiger partial charge in [0.2, 0.25) is 5.91 Å². The highest BCUT2D eigenvalue weighted by atomic mass is 35.5. The first kappa shape index (κ1) is 28.4. The molecule has 3 N–H and O–H groups in total. The Kier molecular flexibility index (Phi) is 7.61. The molecule has 3 aromatic heterocycles. The molecular formula is C31H27ClN4O4S. The van der Waals surface area contributed by atoms with E-state index in [1.54, 1.807) is 30.6 Å². The number of hydrogen-bond acceptors (Lipinski definition) is 7. The molecule has 3 heterocycles. The number of nitrogens with two attached hydrogens (primary N) is 1. The molecule has 0 unspecified atom stereocenters. The van der Waals surface area contributed by atoms with Gasteiger partial charge in [-0.1, -0.05) is 23.7 Å². The molecule has 0 aliphatic heterocycles. The largest absolute Gasteiger partial charge is 0.479 e. The van der Waals surface area contributed by atoms with Crippen molar-refractivity contribution in [1.82, 2.24) is 15.0 Å². The van der Waals surface area contributed by atoms with Crippen LogP contribution in [0.1, 0.15) is 48.4 Å². The highest BCUT2D eigenvalue weighted by molar-refractivity contribution is 7.22. The van der Waals surface area contributed by atoms with E-state index in [0.717, 1.165) is 37.5 Å². The van der Waals surface area contributed by atoms with E-state index < -0.39 is 23.6 Å². The lowest BCUT2D eigenvalue weighted by atomic mass is 9.91. The summed E-state index contributed by atoms with van der Waals surface area (Å²) in [6.07, 6.45) is 3.50. The van der Waals surface area contributed by atoms with Gasteiger partial charge in [-0.2, -0.15) is 0 Å². The van der Waals surface area contributed by atoms with Crippen LogP contribution in [0.2, 0.25) is 5.02 Å². The molecule has 0 saturated carbocycles. The number of primary amides is 1. The summed E-state index contributed by atoms with van der Waals surface area (Å²) in [5, 5.41) is 11.6. The van der Waals surface area contributed by atoms with Crippen LogP contribution in [0.15, 0.2) is 67.1 Å².